The first-order chi connectivity index (χ1) is 9.72. The van der Waals surface area contributed by atoms with Gasteiger partial charge < -0.3 is 10.4 Å². The number of aliphatic hydroxyl groups excluding tert-OH is 1. The Morgan fingerprint density at radius 3 is 2.75 bits per heavy atom. The quantitative estimate of drug-likeness (QED) is 0.882. The number of aromatic nitrogens is 2. The Hall–Kier alpha value is -2.14. The third kappa shape index (κ3) is 2.72. The second kappa shape index (κ2) is 5.46. The molecule has 1 heterocycles. The molecular weight excluding hydrogens is 254 g/mol. The number of hydrogen-bond acceptors (Lipinski definition) is 3. The van der Waals surface area contributed by atoms with Gasteiger partial charge >= 0.3 is 0 Å². The van der Waals surface area contributed by atoms with Gasteiger partial charge in [-0.15, -0.1) is 0 Å². The molecule has 5 nitrogen and oxygen atoms in total. The van der Waals surface area contributed by atoms with E-state index in [0.717, 1.165) is 18.5 Å². The molecule has 1 aliphatic carbocycles. The Labute approximate surface area is 117 Å². The molecule has 1 aromatic heterocycles. The number of para-hydroxylation sites is 1. The molecule has 2 aromatic rings. The lowest BCUT2D eigenvalue weighted by atomic mass is 9.82. The van der Waals surface area contributed by atoms with E-state index in [4.69, 9.17) is 0 Å². The fraction of sp³-hybridized carbons (Fsp3) is 0.333. The van der Waals surface area contributed by atoms with Gasteiger partial charge in [0.25, 0.3) is 5.91 Å². The van der Waals surface area contributed by atoms with E-state index in [1.54, 1.807) is 16.9 Å². The minimum Gasteiger partial charge on any atom is -0.393 e. The van der Waals surface area contributed by atoms with E-state index < -0.39 is 0 Å². The second-order valence-corrected chi connectivity index (χ2v) is 5.18. The first-order valence-corrected chi connectivity index (χ1v) is 6.80. The second-order valence-electron chi connectivity index (χ2n) is 5.18. The standard InChI is InChI=1S/C15H17N3O2/c19-13-8-11(9-13)10-16-15(20)14-6-7-18(17-14)12-4-2-1-3-5-12/h1-7,11,13,19H,8-10H2,(H,16,20). The van der Waals surface area contributed by atoms with Crippen LogP contribution in [0.3, 0.4) is 0 Å². The highest BCUT2D eigenvalue weighted by molar-refractivity contribution is 5.92. The molecule has 0 bridgehead atoms. The Kier molecular flexibility index (Phi) is 3.52. The lowest BCUT2D eigenvalue weighted by Crippen LogP contribution is -2.38. The zero-order chi connectivity index (χ0) is 13.9. The average molecular weight is 271 g/mol. The number of benzene rings is 1. The largest absolute Gasteiger partial charge is 0.393 e. The summed E-state index contributed by atoms with van der Waals surface area (Å²) < 4.78 is 1.68. The molecule has 1 saturated carbocycles. The van der Waals surface area contributed by atoms with Crippen molar-refractivity contribution in [1.82, 2.24) is 15.1 Å². The van der Waals surface area contributed by atoms with Crippen molar-refractivity contribution >= 4 is 5.91 Å². The molecule has 1 aromatic carbocycles. The van der Waals surface area contributed by atoms with Crippen LogP contribution in [0.2, 0.25) is 0 Å². The van der Waals surface area contributed by atoms with Crippen molar-refractivity contribution in [2.24, 2.45) is 5.92 Å². The molecule has 0 radical (unpaired) electrons. The van der Waals surface area contributed by atoms with Crippen molar-refractivity contribution in [1.29, 1.82) is 0 Å². The van der Waals surface area contributed by atoms with Gasteiger partial charge in [-0.3, -0.25) is 4.79 Å². The summed E-state index contributed by atoms with van der Waals surface area (Å²) in [6.07, 6.45) is 3.14. The Morgan fingerprint density at radius 1 is 1.30 bits per heavy atom. The number of carbonyl (C=O) groups excluding carboxylic acids is 1. The zero-order valence-corrected chi connectivity index (χ0v) is 11.1. The van der Waals surface area contributed by atoms with Gasteiger partial charge in [0.2, 0.25) is 0 Å². The Bertz CT molecular complexity index is 588. The molecule has 104 valence electrons. The van der Waals surface area contributed by atoms with Crippen LogP contribution in [-0.4, -0.2) is 33.4 Å². The van der Waals surface area contributed by atoms with E-state index in [1.165, 1.54) is 0 Å². The molecule has 0 saturated heterocycles. The zero-order valence-electron chi connectivity index (χ0n) is 11.1. The van der Waals surface area contributed by atoms with Crippen LogP contribution in [0.1, 0.15) is 23.3 Å². The van der Waals surface area contributed by atoms with E-state index in [-0.39, 0.29) is 12.0 Å². The summed E-state index contributed by atoms with van der Waals surface area (Å²) in [5.41, 5.74) is 1.34. The maximum absolute atomic E-state index is 12.0. The van der Waals surface area contributed by atoms with Gasteiger partial charge in [0.1, 0.15) is 0 Å². The lowest BCUT2D eigenvalue weighted by molar-refractivity contribution is 0.0419. The maximum Gasteiger partial charge on any atom is 0.271 e. The molecule has 1 aliphatic rings. The third-order valence-electron chi connectivity index (χ3n) is 3.60. The topological polar surface area (TPSA) is 67.2 Å². The molecule has 3 rings (SSSR count). The van der Waals surface area contributed by atoms with Gasteiger partial charge in [0, 0.05) is 12.7 Å². The van der Waals surface area contributed by atoms with Crippen molar-refractivity contribution in [3.8, 4) is 5.69 Å². The number of nitrogens with one attached hydrogen (secondary N) is 1. The highest BCUT2D eigenvalue weighted by atomic mass is 16.3. The van der Waals surface area contributed by atoms with Crippen LogP contribution in [0.15, 0.2) is 42.6 Å². The molecule has 0 atom stereocenters. The highest BCUT2D eigenvalue weighted by Gasteiger charge is 2.27. The minimum absolute atomic E-state index is 0.166. The van der Waals surface area contributed by atoms with E-state index >= 15 is 0 Å². The number of amides is 1. The van der Waals surface area contributed by atoms with Crippen LogP contribution in [0.5, 0.6) is 0 Å². The predicted octanol–water partition coefficient (Wildman–Crippen LogP) is 1.37. The number of nitrogens with zero attached hydrogens (tertiary/aromatic N) is 2. The molecule has 0 aliphatic heterocycles. The number of aliphatic hydroxyl groups is 1. The first-order valence-electron chi connectivity index (χ1n) is 6.80. The van der Waals surface area contributed by atoms with Crippen LogP contribution >= 0.6 is 0 Å². The molecule has 2 N–H and O–H groups in total. The number of hydrogen-bond donors (Lipinski definition) is 2. The average Bonchev–Trinajstić information content (AvgIpc) is 2.93. The summed E-state index contributed by atoms with van der Waals surface area (Å²) in [5.74, 6) is 0.228. The van der Waals surface area contributed by atoms with Crippen molar-refractivity contribution in [2.45, 2.75) is 18.9 Å². The van der Waals surface area contributed by atoms with Gasteiger partial charge in [0.15, 0.2) is 5.69 Å². The van der Waals surface area contributed by atoms with Crippen LogP contribution < -0.4 is 5.32 Å². The van der Waals surface area contributed by atoms with Crippen LogP contribution in [0, 0.1) is 5.92 Å². The first kappa shape index (κ1) is 12.9. The van der Waals surface area contributed by atoms with Gasteiger partial charge in [-0.2, -0.15) is 5.10 Å². The Balaban J connectivity index is 1.60. The maximum atomic E-state index is 12.0. The summed E-state index contributed by atoms with van der Waals surface area (Å²) in [7, 11) is 0. The summed E-state index contributed by atoms with van der Waals surface area (Å²) in [4.78, 5) is 12.0. The predicted molar refractivity (Wildman–Crippen MR) is 74.6 cm³/mol. The minimum atomic E-state index is -0.186. The van der Waals surface area contributed by atoms with Crippen LogP contribution in [0.4, 0.5) is 0 Å². The van der Waals surface area contributed by atoms with Crippen molar-refractivity contribution in [3.05, 3.63) is 48.3 Å². The molecule has 1 fully saturated rings. The summed E-state index contributed by atoms with van der Waals surface area (Å²) in [6, 6.07) is 11.4. The molecule has 0 unspecified atom stereocenters. The number of rotatable bonds is 4. The summed E-state index contributed by atoms with van der Waals surface area (Å²) in [6.45, 7) is 0.605. The summed E-state index contributed by atoms with van der Waals surface area (Å²) >= 11 is 0. The fourth-order valence-electron chi connectivity index (χ4n) is 2.36. The SMILES string of the molecule is O=C(NCC1CC(O)C1)c1ccn(-c2ccccc2)n1. The van der Waals surface area contributed by atoms with Crippen molar-refractivity contribution < 1.29 is 9.90 Å². The highest BCUT2D eigenvalue weighted by Crippen LogP contribution is 2.26. The van der Waals surface area contributed by atoms with E-state index in [0.29, 0.717) is 18.2 Å². The van der Waals surface area contributed by atoms with Crippen molar-refractivity contribution in [3.63, 3.8) is 0 Å². The lowest BCUT2D eigenvalue weighted by Gasteiger charge is -2.31. The monoisotopic (exact) mass is 271 g/mol. The molecular formula is C15H17N3O2. The van der Waals surface area contributed by atoms with Gasteiger partial charge in [-0.25, -0.2) is 4.68 Å². The van der Waals surface area contributed by atoms with Crippen molar-refractivity contribution in [2.75, 3.05) is 6.54 Å². The summed E-state index contributed by atoms with van der Waals surface area (Å²) in [5, 5.41) is 16.3. The van der Waals surface area contributed by atoms with E-state index in [2.05, 4.69) is 10.4 Å². The molecule has 5 heteroatoms. The van der Waals surface area contributed by atoms with Crippen LogP contribution in [0.25, 0.3) is 5.69 Å². The molecule has 1 amide bonds. The van der Waals surface area contributed by atoms with Gasteiger partial charge in [0.05, 0.1) is 11.8 Å². The molecule has 0 spiro atoms. The smallest absolute Gasteiger partial charge is 0.271 e. The van der Waals surface area contributed by atoms with Crippen LogP contribution in [-0.2, 0) is 0 Å². The molecule has 20 heavy (non-hydrogen) atoms. The normalized spacial score (nSPS) is 21.2. The Morgan fingerprint density at radius 2 is 2.05 bits per heavy atom. The van der Waals surface area contributed by atoms with E-state index in [1.807, 2.05) is 30.3 Å². The van der Waals surface area contributed by atoms with E-state index in [9.17, 15) is 9.90 Å². The van der Waals surface area contributed by atoms with Gasteiger partial charge in [-0.1, -0.05) is 18.2 Å². The van der Waals surface area contributed by atoms with Gasteiger partial charge in [-0.05, 0) is 37.0 Å². The third-order valence-corrected chi connectivity index (χ3v) is 3.60. The number of carbonyl (C=O) groups is 1. The fourth-order valence-corrected chi connectivity index (χ4v) is 2.36.